The summed E-state index contributed by atoms with van der Waals surface area (Å²) in [6.45, 7) is 3.85. The summed E-state index contributed by atoms with van der Waals surface area (Å²) in [5.41, 5.74) is 0. The second-order valence-electron chi connectivity index (χ2n) is 4.77. The monoisotopic (exact) mass is 267 g/mol. The van der Waals surface area contributed by atoms with Crippen molar-refractivity contribution in [1.82, 2.24) is 15.6 Å². The molecule has 1 aliphatic rings. The van der Waals surface area contributed by atoms with Crippen molar-refractivity contribution in [2.45, 2.75) is 38.6 Å². The lowest BCUT2D eigenvalue weighted by molar-refractivity contribution is -0.124. The van der Waals surface area contributed by atoms with Gasteiger partial charge in [0.1, 0.15) is 0 Å². The van der Waals surface area contributed by atoms with E-state index in [4.69, 9.17) is 0 Å². The molecular formula is C13H21N3OS. The van der Waals surface area contributed by atoms with Gasteiger partial charge in [0.2, 0.25) is 5.91 Å². The number of rotatable bonds is 5. The molecule has 0 aromatic carbocycles. The Kier molecular flexibility index (Phi) is 5.13. The summed E-state index contributed by atoms with van der Waals surface area (Å²) in [5.74, 6) is 0.839. The van der Waals surface area contributed by atoms with E-state index in [2.05, 4.69) is 22.5 Å². The molecule has 1 aliphatic heterocycles. The van der Waals surface area contributed by atoms with Gasteiger partial charge in [-0.25, -0.2) is 4.98 Å². The van der Waals surface area contributed by atoms with E-state index in [9.17, 15) is 4.79 Å². The molecule has 2 atom stereocenters. The molecule has 2 N–H and O–H groups in total. The first-order valence-electron chi connectivity index (χ1n) is 6.69. The van der Waals surface area contributed by atoms with Crippen LogP contribution < -0.4 is 10.6 Å². The van der Waals surface area contributed by atoms with Gasteiger partial charge in [0.25, 0.3) is 0 Å². The predicted octanol–water partition coefficient (Wildman–Crippen LogP) is 1.58. The van der Waals surface area contributed by atoms with Gasteiger partial charge in [0.05, 0.1) is 11.0 Å². The maximum atomic E-state index is 12.0. The van der Waals surface area contributed by atoms with Crippen LogP contribution in [0.15, 0.2) is 11.6 Å². The first-order chi connectivity index (χ1) is 8.79. The number of hydrogen-bond acceptors (Lipinski definition) is 4. The zero-order valence-corrected chi connectivity index (χ0v) is 11.6. The van der Waals surface area contributed by atoms with Crippen molar-refractivity contribution >= 4 is 17.2 Å². The molecule has 1 amide bonds. The topological polar surface area (TPSA) is 54.0 Å². The number of piperidine rings is 1. The van der Waals surface area contributed by atoms with Gasteiger partial charge < -0.3 is 10.6 Å². The van der Waals surface area contributed by atoms with Crippen LogP contribution in [0, 0.1) is 5.92 Å². The maximum absolute atomic E-state index is 12.0. The van der Waals surface area contributed by atoms with E-state index < -0.39 is 0 Å². The Hall–Kier alpha value is -0.940. The van der Waals surface area contributed by atoms with Gasteiger partial charge in [-0.05, 0) is 25.3 Å². The zero-order chi connectivity index (χ0) is 12.8. The number of aromatic nitrogens is 1. The molecular weight excluding hydrogens is 246 g/mol. The van der Waals surface area contributed by atoms with Crippen LogP contribution in [-0.4, -0.2) is 30.0 Å². The van der Waals surface area contributed by atoms with Crippen molar-refractivity contribution in [2.75, 3.05) is 13.1 Å². The molecule has 1 saturated heterocycles. The van der Waals surface area contributed by atoms with Crippen molar-refractivity contribution in [3.63, 3.8) is 0 Å². The summed E-state index contributed by atoms with van der Waals surface area (Å²) in [4.78, 5) is 16.2. The molecule has 0 radical (unpaired) electrons. The van der Waals surface area contributed by atoms with Crippen LogP contribution in [0.3, 0.4) is 0 Å². The standard InChI is InChI=1S/C13H21N3OS/c1-2-10-3-5-14-11(9-10)13(17)16-6-4-12-15-7-8-18-12/h7-8,10-11,14H,2-6,9H2,1H3,(H,16,17). The van der Waals surface area contributed by atoms with Gasteiger partial charge in [0, 0.05) is 24.5 Å². The molecule has 5 heteroatoms. The minimum absolute atomic E-state index is 0.00000472. The fourth-order valence-corrected chi connectivity index (χ4v) is 2.98. The zero-order valence-electron chi connectivity index (χ0n) is 10.8. The quantitative estimate of drug-likeness (QED) is 0.851. The van der Waals surface area contributed by atoms with E-state index in [0.29, 0.717) is 12.5 Å². The average molecular weight is 267 g/mol. The van der Waals surface area contributed by atoms with Crippen molar-refractivity contribution in [2.24, 2.45) is 5.92 Å². The number of amides is 1. The summed E-state index contributed by atoms with van der Waals surface area (Å²) in [6.07, 6.45) is 5.97. The predicted molar refractivity (Wildman–Crippen MR) is 73.6 cm³/mol. The Balaban J connectivity index is 1.70. The van der Waals surface area contributed by atoms with E-state index >= 15 is 0 Å². The van der Waals surface area contributed by atoms with E-state index in [1.165, 1.54) is 12.8 Å². The largest absolute Gasteiger partial charge is 0.354 e. The number of thiazole rings is 1. The third-order valence-corrected chi connectivity index (χ3v) is 4.37. The lowest BCUT2D eigenvalue weighted by Crippen LogP contribution is -2.49. The highest BCUT2D eigenvalue weighted by Gasteiger charge is 2.25. The Morgan fingerprint density at radius 1 is 1.67 bits per heavy atom. The second kappa shape index (κ2) is 6.85. The minimum atomic E-state index is -0.00000472. The molecule has 1 aromatic heterocycles. The summed E-state index contributed by atoms with van der Waals surface area (Å²) < 4.78 is 0. The van der Waals surface area contributed by atoms with Crippen LogP contribution in [0.2, 0.25) is 0 Å². The Morgan fingerprint density at radius 2 is 2.56 bits per heavy atom. The molecule has 4 nitrogen and oxygen atoms in total. The van der Waals surface area contributed by atoms with Crippen LogP contribution in [0.5, 0.6) is 0 Å². The smallest absolute Gasteiger partial charge is 0.237 e. The normalized spacial score (nSPS) is 23.8. The molecule has 0 bridgehead atoms. The molecule has 1 fully saturated rings. The van der Waals surface area contributed by atoms with E-state index in [-0.39, 0.29) is 11.9 Å². The highest BCUT2D eigenvalue weighted by atomic mass is 32.1. The molecule has 2 unspecified atom stereocenters. The summed E-state index contributed by atoms with van der Waals surface area (Å²) in [6, 6.07) is -0.00000472. The van der Waals surface area contributed by atoms with Crippen molar-refractivity contribution in [3.8, 4) is 0 Å². The third kappa shape index (κ3) is 3.78. The van der Waals surface area contributed by atoms with Gasteiger partial charge in [-0.2, -0.15) is 0 Å². The second-order valence-corrected chi connectivity index (χ2v) is 5.75. The molecule has 2 rings (SSSR count). The van der Waals surface area contributed by atoms with Gasteiger partial charge >= 0.3 is 0 Å². The van der Waals surface area contributed by atoms with Crippen LogP contribution in [-0.2, 0) is 11.2 Å². The molecule has 0 saturated carbocycles. The molecule has 0 spiro atoms. The number of hydrogen-bond donors (Lipinski definition) is 2. The summed E-state index contributed by atoms with van der Waals surface area (Å²) >= 11 is 1.64. The molecule has 1 aromatic rings. The van der Waals surface area contributed by atoms with Gasteiger partial charge in [-0.15, -0.1) is 11.3 Å². The maximum Gasteiger partial charge on any atom is 0.237 e. The van der Waals surface area contributed by atoms with Crippen LogP contribution in [0.4, 0.5) is 0 Å². The van der Waals surface area contributed by atoms with Gasteiger partial charge in [-0.3, -0.25) is 4.79 Å². The van der Waals surface area contributed by atoms with Gasteiger partial charge in [0.15, 0.2) is 0 Å². The van der Waals surface area contributed by atoms with Crippen molar-refractivity contribution in [3.05, 3.63) is 16.6 Å². The third-order valence-electron chi connectivity index (χ3n) is 3.53. The molecule has 100 valence electrons. The number of nitrogens with one attached hydrogen (secondary N) is 2. The fourth-order valence-electron chi connectivity index (χ4n) is 2.36. The lowest BCUT2D eigenvalue weighted by atomic mass is 9.90. The lowest BCUT2D eigenvalue weighted by Gasteiger charge is -2.28. The highest BCUT2D eigenvalue weighted by molar-refractivity contribution is 7.09. The molecule has 18 heavy (non-hydrogen) atoms. The Labute approximate surface area is 112 Å². The van der Waals surface area contributed by atoms with Crippen molar-refractivity contribution < 1.29 is 4.79 Å². The highest BCUT2D eigenvalue weighted by Crippen LogP contribution is 2.19. The number of nitrogens with zero attached hydrogens (tertiary/aromatic N) is 1. The summed E-state index contributed by atoms with van der Waals surface area (Å²) in [7, 11) is 0. The first kappa shape index (κ1) is 13.5. The SMILES string of the molecule is CCC1CCNC(C(=O)NCCc2nccs2)C1. The van der Waals surface area contributed by atoms with Gasteiger partial charge in [-0.1, -0.05) is 13.3 Å². The molecule has 2 heterocycles. The van der Waals surface area contributed by atoms with Crippen LogP contribution in [0.1, 0.15) is 31.2 Å². The van der Waals surface area contributed by atoms with E-state index in [1.807, 2.05) is 5.38 Å². The van der Waals surface area contributed by atoms with Crippen molar-refractivity contribution in [1.29, 1.82) is 0 Å². The minimum Gasteiger partial charge on any atom is -0.354 e. The summed E-state index contributed by atoms with van der Waals surface area (Å²) in [5, 5.41) is 9.35. The van der Waals surface area contributed by atoms with E-state index in [1.54, 1.807) is 17.5 Å². The van der Waals surface area contributed by atoms with E-state index in [0.717, 1.165) is 24.4 Å². The van der Waals surface area contributed by atoms with Crippen LogP contribution in [0.25, 0.3) is 0 Å². The molecule has 0 aliphatic carbocycles. The van der Waals surface area contributed by atoms with Crippen LogP contribution >= 0.6 is 11.3 Å². The average Bonchev–Trinajstić information content (AvgIpc) is 2.92. The Morgan fingerprint density at radius 3 is 3.28 bits per heavy atom. The fraction of sp³-hybridized carbons (Fsp3) is 0.692. The number of carbonyl (C=O) groups excluding carboxylic acids is 1. The first-order valence-corrected chi connectivity index (χ1v) is 7.57. The number of carbonyl (C=O) groups is 1. The Bertz CT molecular complexity index is 366.